The van der Waals surface area contributed by atoms with Crippen LogP contribution in [0.25, 0.3) is 0 Å². The Kier molecular flexibility index (Phi) is 7.04. The third kappa shape index (κ3) is 5.22. The summed E-state index contributed by atoms with van der Waals surface area (Å²) < 4.78 is 10.8. The molecule has 0 aliphatic rings. The summed E-state index contributed by atoms with van der Waals surface area (Å²) >= 11 is 0. The van der Waals surface area contributed by atoms with Gasteiger partial charge in [-0.3, -0.25) is 0 Å². The molecule has 2 aromatic heterocycles. The van der Waals surface area contributed by atoms with Crippen molar-refractivity contribution in [3.8, 4) is 0 Å². The minimum atomic E-state index is 0.434. The SMILES string of the molecule is CC(C)c1ncoc1C(C)C.Cc1nc(C(C)C)c(C(C)C)o1. The summed E-state index contributed by atoms with van der Waals surface area (Å²) in [5.74, 6) is 4.65. The second-order valence-corrected chi connectivity index (χ2v) is 7.20. The van der Waals surface area contributed by atoms with Crippen molar-refractivity contribution < 1.29 is 8.83 Å². The van der Waals surface area contributed by atoms with Gasteiger partial charge < -0.3 is 8.83 Å². The smallest absolute Gasteiger partial charge is 0.191 e. The molecule has 0 spiro atoms. The summed E-state index contributed by atoms with van der Waals surface area (Å²) in [6.07, 6.45) is 1.53. The lowest BCUT2D eigenvalue weighted by Gasteiger charge is -2.05. The lowest BCUT2D eigenvalue weighted by atomic mass is 10.0. The minimum Gasteiger partial charge on any atom is -0.448 e. The normalized spacial score (nSPS) is 11.5. The molecule has 0 amide bonds. The number of rotatable bonds is 4. The summed E-state index contributed by atoms with van der Waals surface area (Å²) in [7, 11) is 0. The number of hydrogen-bond acceptors (Lipinski definition) is 4. The maximum atomic E-state index is 5.53. The highest BCUT2D eigenvalue weighted by atomic mass is 16.4. The van der Waals surface area contributed by atoms with Crippen LogP contribution in [-0.4, -0.2) is 9.97 Å². The molecule has 0 aromatic carbocycles. The number of aromatic nitrogens is 2. The molecule has 2 aromatic rings. The second-order valence-electron chi connectivity index (χ2n) is 7.20. The fourth-order valence-corrected chi connectivity index (χ4v) is 2.42. The van der Waals surface area contributed by atoms with Gasteiger partial charge in [0, 0.05) is 18.8 Å². The molecule has 0 saturated heterocycles. The zero-order chi connectivity index (χ0) is 17.7. The predicted octanol–water partition coefficient (Wildman–Crippen LogP) is 6.15. The third-order valence-corrected chi connectivity index (χ3v) is 3.55. The van der Waals surface area contributed by atoms with E-state index in [-0.39, 0.29) is 0 Å². The molecule has 0 atom stereocenters. The molecule has 2 rings (SSSR count). The van der Waals surface area contributed by atoms with Crippen molar-refractivity contribution in [3.05, 3.63) is 35.2 Å². The van der Waals surface area contributed by atoms with Crippen LogP contribution in [0.2, 0.25) is 0 Å². The molecule has 23 heavy (non-hydrogen) atoms. The van der Waals surface area contributed by atoms with E-state index in [0.29, 0.717) is 23.7 Å². The summed E-state index contributed by atoms with van der Waals surface area (Å²) in [6, 6.07) is 0. The van der Waals surface area contributed by atoms with Gasteiger partial charge in [0.05, 0.1) is 11.4 Å². The van der Waals surface area contributed by atoms with E-state index in [2.05, 4.69) is 65.4 Å². The molecule has 0 aliphatic heterocycles. The average Bonchev–Trinajstić information content (AvgIpc) is 3.05. The maximum absolute atomic E-state index is 5.53. The lowest BCUT2D eigenvalue weighted by Crippen LogP contribution is -1.95. The van der Waals surface area contributed by atoms with Crippen molar-refractivity contribution in [1.82, 2.24) is 9.97 Å². The van der Waals surface area contributed by atoms with E-state index < -0.39 is 0 Å². The zero-order valence-corrected chi connectivity index (χ0v) is 16.1. The number of aryl methyl sites for hydroxylation is 1. The molecule has 0 fully saturated rings. The Morgan fingerprint density at radius 3 is 1.61 bits per heavy atom. The zero-order valence-electron chi connectivity index (χ0n) is 16.1. The highest BCUT2D eigenvalue weighted by Gasteiger charge is 2.16. The average molecular weight is 320 g/mol. The minimum absolute atomic E-state index is 0.434. The summed E-state index contributed by atoms with van der Waals surface area (Å²) in [5, 5.41) is 0. The van der Waals surface area contributed by atoms with E-state index in [9.17, 15) is 0 Å². The highest BCUT2D eigenvalue weighted by molar-refractivity contribution is 5.16. The monoisotopic (exact) mass is 320 g/mol. The van der Waals surface area contributed by atoms with Crippen LogP contribution in [0.1, 0.15) is 108 Å². The number of nitrogens with zero attached hydrogens (tertiary/aromatic N) is 2. The molecule has 130 valence electrons. The van der Waals surface area contributed by atoms with Crippen molar-refractivity contribution in [2.24, 2.45) is 0 Å². The molecular weight excluding hydrogens is 288 g/mol. The molecule has 0 unspecified atom stereocenters. The Labute approximate surface area is 140 Å². The molecule has 0 aliphatic carbocycles. The van der Waals surface area contributed by atoms with Gasteiger partial charge >= 0.3 is 0 Å². The van der Waals surface area contributed by atoms with Gasteiger partial charge in [-0.25, -0.2) is 9.97 Å². The van der Waals surface area contributed by atoms with Crippen molar-refractivity contribution >= 4 is 0 Å². The van der Waals surface area contributed by atoms with Crippen LogP contribution in [0.3, 0.4) is 0 Å². The van der Waals surface area contributed by atoms with Crippen LogP contribution in [-0.2, 0) is 0 Å². The summed E-state index contributed by atoms with van der Waals surface area (Å²) in [6.45, 7) is 18.9. The van der Waals surface area contributed by atoms with Crippen LogP contribution < -0.4 is 0 Å². The first-order valence-corrected chi connectivity index (χ1v) is 8.55. The Balaban J connectivity index is 0.000000231. The molecular formula is C19H32N2O2. The molecule has 4 nitrogen and oxygen atoms in total. The summed E-state index contributed by atoms with van der Waals surface area (Å²) in [5.41, 5.74) is 2.21. The van der Waals surface area contributed by atoms with Gasteiger partial charge in [0.25, 0.3) is 0 Å². The number of hydrogen-bond donors (Lipinski definition) is 0. The van der Waals surface area contributed by atoms with Crippen molar-refractivity contribution in [2.45, 2.75) is 86.0 Å². The number of oxazole rings is 2. The van der Waals surface area contributed by atoms with Gasteiger partial charge in [0.1, 0.15) is 11.5 Å². The molecule has 0 saturated carbocycles. The van der Waals surface area contributed by atoms with Gasteiger partial charge in [0.15, 0.2) is 12.3 Å². The highest BCUT2D eigenvalue weighted by Crippen LogP contribution is 2.26. The Hall–Kier alpha value is -1.58. The quantitative estimate of drug-likeness (QED) is 0.677. The van der Waals surface area contributed by atoms with E-state index in [1.807, 2.05) is 6.92 Å². The van der Waals surface area contributed by atoms with Gasteiger partial charge in [-0.05, 0) is 11.8 Å². The van der Waals surface area contributed by atoms with E-state index >= 15 is 0 Å². The first-order chi connectivity index (χ1) is 10.6. The van der Waals surface area contributed by atoms with Crippen LogP contribution in [0, 0.1) is 6.92 Å². The van der Waals surface area contributed by atoms with Crippen LogP contribution >= 0.6 is 0 Å². The first kappa shape index (κ1) is 19.5. The third-order valence-electron chi connectivity index (χ3n) is 3.55. The van der Waals surface area contributed by atoms with Crippen LogP contribution in [0.15, 0.2) is 15.2 Å². The van der Waals surface area contributed by atoms with E-state index in [1.54, 1.807) is 0 Å². The van der Waals surface area contributed by atoms with Crippen molar-refractivity contribution in [2.75, 3.05) is 0 Å². The molecule has 2 heterocycles. The second kappa shape index (κ2) is 8.32. The largest absolute Gasteiger partial charge is 0.448 e. The Morgan fingerprint density at radius 1 is 0.739 bits per heavy atom. The fraction of sp³-hybridized carbons (Fsp3) is 0.684. The molecule has 0 N–H and O–H groups in total. The maximum Gasteiger partial charge on any atom is 0.191 e. The topological polar surface area (TPSA) is 52.1 Å². The molecule has 0 bridgehead atoms. The van der Waals surface area contributed by atoms with E-state index in [0.717, 1.165) is 28.8 Å². The first-order valence-electron chi connectivity index (χ1n) is 8.55. The predicted molar refractivity (Wildman–Crippen MR) is 94.1 cm³/mol. The summed E-state index contributed by atoms with van der Waals surface area (Å²) in [4.78, 5) is 8.54. The van der Waals surface area contributed by atoms with E-state index in [4.69, 9.17) is 8.83 Å². The van der Waals surface area contributed by atoms with Gasteiger partial charge in [-0.15, -0.1) is 0 Å². The Morgan fingerprint density at radius 2 is 1.26 bits per heavy atom. The standard InChI is InChI=1S/C10H17NO.C9H15NO/c1-6(2)9-10(7(3)4)12-8(5)11-9;1-6(2)8-9(7(3)4)11-5-10-8/h6-7H,1-5H3;5-7H,1-4H3. The Bertz CT molecular complexity index is 544. The fourth-order valence-electron chi connectivity index (χ4n) is 2.42. The van der Waals surface area contributed by atoms with Gasteiger partial charge in [-0.1, -0.05) is 55.4 Å². The molecule has 4 heteroatoms. The molecule has 0 radical (unpaired) electrons. The van der Waals surface area contributed by atoms with Crippen LogP contribution in [0.4, 0.5) is 0 Å². The lowest BCUT2D eigenvalue weighted by molar-refractivity contribution is 0.453. The van der Waals surface area contributed by atoms with Crippen molar-refractivity contribution in [1.29, 1.82) is 0 Å². The van der Waals surface area contributed by atoms with E-state index in [1.165, 1.54) is 6.39 Å². The van der Waals surface area contributed by atoms with Crippen LogP contribution in [0.5, 0.6) is 0 Å². The van der Waals surface area contributed by atoms with Gasteiger partial charge in [-0.2, -0.15) is 0 Å². The van der Waals surface area contributed by atoms with Crippen molar-refractivity contribution in [3.63, 3.8) is 0 Å². The van der Waals surface area contributed by atoms with Gasteiger partial charge in [0.2, 0.25) is 0 Å².